The highest BCUT2D eigenvalue weighted by Gasteiger charge is 2.24. The maximum atomic E-state index is 11.8. The summed E-state index contributed by atoms with van der Waals surface area (Å²) in [5.41, 5.74) is 0. The second-order valence-electron chi connectivity index (χ2n) is 3.09. The molecule has 0 fully saturated rings. The van der Waals surface area contributed by atoms with E-state index in [1.807, 2.05) is 0 Å². The molecule has 8 heteroatoms. The first-order valence-corrected chi connectivity index (χ1v) is 6.90. The minimum absolute atomic E-state index is 0.142. The Labute approximate surface area is 106 Å². The van der Waals surface area contributed by atoms with Gasteiger partial charge in [0, 0.05) is 20.2 Å². The summed E-state index contributed by atoms with van der Waals surface area (Å²) in [6, 6.07) is 0. The van der Waals surface area contributed by atoms with Crippen LogP contribution in [0.4, 0.5) is 0 Å². The molecule has 0 aromatic heterocycles. The van der Waals surface area contributed by atoms with Gasteiger partial charge in [-0.2, -0.15) is 0 Å². The largest absolute Gasteiger partial charge is 0.526 e. The van der Waals surface area contributed by atoms with Crippen molar-refractivity contribution in [3.05, 3.63) is 10.8 Å². The summed E-state index contributed by atoms with van der Waals surface area (Å²) in [6.07, 6.45) is 0. The third-order valence-electron chi connectivity index (χ3n) is 2.03. The second kappa shape index (κ2) is 7.01. The van der Waals surface area contributed by atoms with Gasteiger partial charge < -0.3 is 9.42 Å². The number of phosphoric acid groups is 1. The number of rotatable bonds is 6. The van der Waals surface area contributed by atoms with E-state index < -0.39 is 13.7 Å². The lowest BCUT2D eigenvalue weighted by Gasteiger charge is -2.19. The number of carbonyl (C=O) groups is 1. The number of carbonyl (C=O) groups excluding carboxylic acids is 1. The van der Waals surface area contributed by atoms with E-state index in [9.17, 15) is 9.36 Å². The fourth-order valence-corrected chi connectivity index (χ4v) is 1.77. The third kappa shape index (κ3) is 5.08. The summed E-state index contributed by atoms with van der Waals surface area (Å²) < 4.78 is 19.9. The van der Waals surface area contributed by atoms with Crippen LogP contribution in [0.2, 0.25) is 0 Å². The third-order valence-corrected chi connectivity index (χ3v) is 3.42. The predicted octanol–water partition coefficient (Wildman–Crippen LogP) is 2.09. The topological polar surface area (TPSA) is 76.1 Å². The van der Waals surface area contributed by atoms with E-state index in [1.165, 1.54) is 11.8 Å². The van der Waals surface area contributed by atoms with Crippen molar-refractivity contribution in [3.63, 3.8) is 0 Å². The van der Waals surface area contributed by atoms with Gasteiger partial charge in [-0.1, -0.05) is 11.6 Å². The van der Waals surface area contributed by atoms with E-state index in [0.29, 0.717) is 13.1 Å². The zero-order valence-corrected chi connectivity index (χ0v) is 11.9. The normalized spacial score (nSPS) is 15.9. The molecule has 1 unspecified atom stereocenters. The fourth-order valence-electron chi connectivity index (χ4n) is 1.05. The van der Waals surface area contributed by atoms with Gasteiger partial charge in [0.15, 0.2) is 0 Å². The quantitative estimate of drug-likeness (QED) is 0.459. The molecule has 0 aromatic rings. The monoisotopic (exact) mass is 285 g/mol. The van der Waals surface area contributed by atoms with Crippen LogP contribution in [0.5, 0.6) is 0 Å². The summed E-state index contributed by atoms with van der Waals surface area (Å²) in [5, 5.41) is -0.236. The molecule has 0 saturated carbocycles. The average Bonchev–Trinajstić information content (AvgIpc) is 2.28. The highest BCUT2D eigenvalue weighted by Crippen LogP contribution is 2.45. The lowest BCUT2D eigenvalue weighted by molar-refractivity contribution is -0.126. The molecule has 6 nitrogen and oxygen atoms in total. The number of phosphoric ester groups is 1. The van der Waals surface area contributed by atoms with Crippen LogP contribution in [0.15, 0.2) is 10.8 Å². The van der Waals surface area contributed by atoms with Crippen molar-refractivity contribution >= 4 is 25.3 Å². The van der Waals surface area contributed by atoms with Crippen LogP contribution < -0.4 is 0 Å². The second-order valence-corrected chi connectivity index (χ2v) is 4.95. The van der Waals surface area contributed by atoms with E-state index in [-0.39, 0.29) is 10.8 Å². The molecule has 0 rings (SSSR count). The van der Waals surface area contributed by atoms with Crippen molar-refractivity contribution in [2.75, 3.05) is 20.2 Å². The van der Waals surface area contributed by atoms with Crippen molar-refractivity contribution < 1.29 is 23.3 Å². The summed E-state index contributed by atoms with van der Waals surface area (Å²) >= 11 is 5.77. The Bertz CT molecular complexity index is 353. The van der Waals surface area contributed by atoms with Gasteiger partial charge in [0.05, 0.1) is 0 Å². The zero-order chi connectivity index (χ0) is 13.6. The van der Waals surface area contributed by atoms with Gasteiger partial charge in [0.25, 0.3) is 5.91 Å². The summed E-state index contributed by atoms with van der Waals surface area (Å²) in [4.78, 5) is 22.3. The molecule has 0 spiro atoms. The first-order valence-electron chi connectivity index (χ1n) is 5.02. The molecule has 0 radical (unpaired) electrons. The Morgan fingerprint density at radius 3 is 2.24 bits per heavy atom. The molecule has 17 heavy (non-hydrogen) atoms. The predicted molar refractivity (Wildman–Crippen MR) is 64.4 cm³/mol. The lowest BCUT2D eigenvalue weighted by atomic mass is 10.4. The van der Waals surface area contributed by atoms with Gasteiger partial charge in [-0.05, 0) is 20.8 Å². The molecule has 1 atom stereocenters. The number of hydrogen-bond acceptors (Lipinski definition) is 4. The van der Waals surface area contributed by atoms with E-state index >= 15 is 0 Å². The van der Waals surface area contributed by atoms with Crippen molar-refractivity contribution in [1.82, 2.24) is 4.90 Å². The molecule has 1 amide bonds. The molecule has 0 bridgehead atoms. The maximum absolute atomic E-state index is 11.8. The van der Waals surface area contributed by atoms with Crippen LogP contribution in [0.1, 0.15) is 20.8 Å². The van der Waals surface area contributed by atoms with Gasteiger partial charge in [0.2, 0.25) is 0 Å². The molecular weight excluding hydrogens is 269 g/mol. The lowest BCUT2D eigenvalue weighted by Crippen LogP contribution is -2.31. The smallest absolute Gasteiger partial charge is 0.407 e. The molecule has 0 aliphatic rings. The highest BCUT2D eigenvalue weighted by molar-refractivity contribution is 7.47. The summed E-state index contributed by atoms with van der Waals surface area (Å²) in [5.74, 6) is -0.596. The van der Waals surface area contributed by atoms with E-state index in [4.69, 9.17) is 16.5 Å². The number of halogens is 1. The average molecular weight is 286 g/mol. The molecular formula is C9H17ClNO5P. The van der Waals surface area contributed by atoms with Gasteiger partial charge in [0.1, 0.15) is 10.8 Å². The Morgan fingerprint density at radius 2 is 1.88 bits per heavy atom. The Kier molecular flexibility index (Phi) is 6.78. The van der Waals surface area contributed by atoms with Crippen LogP contribution in [-0.4, -0.2) is 35.9 Å². The maximum Gasteiger partial charge on any atom is 0.526 e. The van der Waals surface area contributed by atoms with E-state index in [1.54, 1.807) is 13.8 Å². The molecule has 100 valence electrons. The molecule has 0 aromatic carbocycles. The summed E-state index contributed by atoms with van der Waals surface area (Å²) in [7, 11) is -3.16. The minimum atomic E-state index is -4.18. The van der Waals surface area contributed by atoms with E-state index in [2.05, 4.69) is 9.05 Å². The number of likely N-dealkylation sites (N-methyl/N-ethyl adjacent to an activating group) is 1. The zero-order valence-electron chi connectivity index (χ0n) is 10.3. The van der Waals surface area contributed by atoms with Crippen LogP contribution in [-0.2, 0) is 18.4 Å². The number of amides is 1. The van der Waals surface area contributed by atoms with Crippen molar-refractivity contribution in [2.24, 2.45) is 0 Å². The fraction of sp³-hybridized carbons (Fsp3) is 0.667. The minimum Gasteiger partial charge on any atom is -0.407 e. The molecule has 0 aliphatic carbocycles. The van der Waals surface area contributed by atoms with Gasteiger partial charge in [-0.15, -0.1) is 0 Å². The number of allylic oxidation sites excluding steroid dienone is 1. The van der Waals surface area contributed by atoms with Crippen molar-refractivity contribution in [1.29, 1.82) is 0 Å². The van der Waals surface area contributed by atoms with Gasteiger partial charge >= 0.3 is 7.82 Å². The summed E-state index contributed by atoms with van der Waals surface area (Å²) in [6.45, 7) is 5.90. The Balaban J connectivity index is 4.92. The van der Waals surface area contributed by atoms with Crippen LogP contribution in [0, 0.1) is 0 Å². The van der Waals surface area contributed by atoms with Crippen molar-refractivity contribution in [3.8, 4) is 0 Å². The Hall–Kier alpha value is -0.550. The first-order chi connectivity index (χ1) is 7.79. The van der Waals surface area contributed by atoms with Crippen LogP contribution >= 0.6 is 19.4 Å². The van der Waals surface area contributed by atoms with Gasteiger partial charge in [-0.25, -0.2) is 4.57 Å². The molecule has 0 aliphatic heterocycles. The standard InChI is InChI=1S/C9H17ClNO5P/c1-5-11(6-2)9(12)8(10)7(3)16-17(13,14)15-4/h5-6H2,1-4H3,(H,13,14)/b8-7-. The van der Waals surface area contributed by atoms with Crippen LogP contribution in [0.3, 0.4) is 0 Å². The SMILES string of the molecule is CCN(CC)C(=O)/C(Cl)=C(\C)OP(=O)(O)OC. The molecule has 1 N–H and O–H groups in total. The molecule has 0 saturated heterocycles. The number of nitrogens with zero attached hydrogens (tertiary/aromatic N) is 1. The Morgan fingerprint density at radius 1 is 1.41 bits per heavy atom. The molecule has 0 heterocycles. The van der Waals surface area contributed by atoms with E-state index in [0.717, 1.165) is 7.11 Å². The number of hydrogen-bond donors (Lipinski definition) is 1. The van der Waals surface area contributed by atoms with Crippen LogP contribution in [0.25, 0.3) is 0 Å². The van der Waals surface area contributed by atoms with Crippen molar-refractivity contribution in [2.45, 2.75) is 20.8 Å². The first kappa shape index (κ1) is 16.4. The van der Waals surface area contributed by atoms with Gasteiger partial charge in [-0.3, -0.25) is 14.2 Å². The highest BCUT2D eigenvalue weighted by atomic mass is 35.5.